The van der Waals surface area contributed by atoms with Gasteiger partial charge in [0.15, 0.2) is 0 Å². The predicted octanol–water partition coefficient (Wildman–Crippen LogP) is 3.16. The molecule has 0 bridgehead atoms. The Morgan fingerprint density at radius 1 is 1.39 bits per heavy atom. The first-order valence-electron chi connectivity index (χ1n) is 7.21. The van der Waals surface area contributed by atoms with Crippen LogP contribution in [-0.4, -0.2) is 18.7 Å². The second kappa shape index (κ2) is 4.58. The maximum absolute atomic E-state index is 6.08. The zero-order chi connectivity index (χ0) is 12.6. The lowest BCUT2D eigenvalue weighted by Crippen LogP contribution is -2.37. The normalized spacial score (nSPS) is 25.3. The molecule has 1 aromatic rings. The van der Waals surface area contributed by atoms with E-state index in [1.165, 1.54) is 24.8 Å². The summed E-state index contributed by atoms with van der Waals surface area (Å²) in [6.07, 6.45) is 5.41. The summed E-state index contributed by atoms with van der Waals surface area (Å²) in [6, 6.07) is 9.09. The van der Waals surface area contributed by atoms with Gasteiger partial charge in [-0.25, -0.2) is 0 Å². The van der Waals surface area contributed by atoms with Gasteiger partial charge in [0.1, 0.15) is 11.9 Å². The van der Waals surface area contributed by atoms with Gasteiger partial charge in [-0.3, -0.25) is 0 Å². The fraction of sp³-hybridized carbons (Fsp3) is 0.625. The molecule has 2 atom stereocenters. The van der Waals surface area contributed by atoms with Crippen LogP contribution in [0.2, 0.25) is 0 Å². The first-order valence-corrected chi connectivity index (χ1v) is 7.21. The van der Waals surface area contributed by atoms with Crippen LogP contribution >= 0.6 is 0 Å². The lowest BCUT2D eigenvalue weighted by molar-refractivity contribution is 0.168. The van der Waals surface area contributed by atoms with Crippen molar-refractivity contribution in [3.63, 3.8) is 0 Å². The fourth-order valence-electron chi connectivity index (χ4n) is 3.32. The number of nitrogens with one attached hydrogen (secondary N) is 1. The summed E-state index contributed by atoms with van der Waals surface area (Å²) in [6.45, 7) is 5.59. The van der Waals surface area contributed by atoms with Crippen LogP contribution < -0.4 is 10.1 Å². The van der Waals surface area contributed by atoms with Gasteiger partial charge in [-0.2, -0.15) is 0 Å². The Hall–Kier alpha value is -1.02. The van der Waals surface area contributed by atoms with Crippen LogP contribution in [0.25, 0.3) is 0 Å². The molecule has 1 fully saturated rings. The highest BCUT2D eigenvalue weighted by molar-refractivity contribution is 5.37. The van der Waals surface area contributed by atoms with E-state index in [2.05, 4.69) is 43.4 Å². The summed E-state index contributed by atoms with van der Waals surface area (Å²) in [5, 5.41) is 3.59. The molecule has 2 nitrogen and oxygen atoms in total. The molecule has 1 N–H and O–H groups in total. The highest BCUT2D eigenvalue weighted by Crippen LogP contribution is 2.53. The van der Waals surface area contributed by atoms with Crippen molar-refractivity contribution in [2.45, 2.75) is 51.7 Å². The molecular formula is C16H23NO. The Morgan fingerprint density at radius 2 is 2.17 bits per heavy atom. The minimum absolute atomic E-state index is 0.394. The Labute approximate surface area is 110 Å². The van der Waals surface area contributed by atoms with Gasteiger partial charge in [0.05, 0.1) is 0 Å². The maximum Gasteiger partial charge on any atom is 0.123 e. The van der Waals surface area contributed by atoms with Gasteiger partial charge in [0.25, 0.3) is 0 Å². The van der Waals surface area contributed by atoms with Crippen LogP contribution in [0.5, 0.6) is 5.75 Å². The van der Waals surface area contributed by atoms with E-state index in [0.717, 1.165) is 18.7 Å². The molecule has 2 unspecified atom stereocenters. The summed E-state index contributed by atoms with van der Waals surface area (Å²) in [7, 11) is 0. The fourth-order valence-corrected chi connectivity index (χ4v) is 3.32. The van der Waals surface area contributed by atoms with Crippen molar-refractivity contribution < 1.29 is 4.74 Å². The van der Waals surface area contributed by atoms with Gasteiger partial charge < -0.3 is 10.1 Å². The molecule has 2 aliphatic rings. The van der Waals surface area contributed by atoms with Crippen molar-refractivity contribution in [2.24, 2.45) is 5.41 Å². The van der Waals surface area contributed by atoms with E-state index in [0.29, 0.717) is 17.6 Å². The number of rotatable bonds is 5. The van der Waals surface area contributed by atoms with Crippen LogP contribution in [0.4, 0.5) is 0 Å². The molecule has 0 saturated heterocycles. The van der Waals surface area contributed by atoms with Gasteiger partial charge in [-0.05, 0) is 49.8 Å². The SMILES string of the molecule is CCNC(C)C1(CC2Cc3ccccc3O2)CC1. The smallest absolute Gasteiger partial charge is 0.123 e. The number of ether oxygens (including phenoxy) is 1. The van der Waals surface area contributed by atoms with E-state index >= 15 is 0 Å². The van der Waals surface area contributed by atoms with E-state index < -0.39 is 0 Å². The summed E-state index contributed by atoms with van der Waals surface area (Å²) >= 11 is 0. The van der Waals surface area contributed by atoms with Crippen molar-refractivity contribution in [1.82, 2.24) is 5.32 Å². The molecule has 2 heteroatoms. The monoisotopic (exact) mass is 245 g/mol. The van der Waals surface area contributed by atoms with Gasteiger partial charge in [0.2, 0.25) is 0 Å². The van der Waals surface area contributed by atoms with Crippen LogP contribution in [-0.2, 0) is 6.42 Å². The molecule has 1 aromatic carbocycles. The molecule has 1 aliphatic carbocycles. The van der Waals surface area contributed by atoms with Crippen molar-refractivity contribution >= 4 is 0 Å². The molecule has 0 amide bonds. The van der Waals surface area contributed by atoms with E-state index in [-0.39, 0.29) is 0 Å². The van der Waals surface area contributed by atoms with Crippen LogP contribution in [0.1, 0.15) is 38.7 Å². The summed E-state index contributed by atoms with van der Waals surface area (Å²) in [5.41, 5.74) is 1.89. The molecule has 3 rings (SSSR count). The number of hydrogen-bond donors (Lipinski definition) is 1. The number of fused-ring (bicyclic) bond motifs is 1. The molecule has 0 aromatic heterocycles. The molecule has 1 saturated carbocycles. The molecule has 18 heavy (non-hydrogen) atoms. The second-order valence-electron chi connectivity index (χ2n) is 5.90. The summed E-state index contributed by atoms with van der Waals surface area (Å²) in [5.74, 6) is 1.11. The third-order valence-electron chi connectivity index (χ3n) is 4.67. The first kappa shape index (κ1) is 12.0. The second-order valence-corrected chi connectivity index (χ2v) is 5.90. The van der Waals surface area contributed by atoms with Crippen LogP contribution in [0.15, 0.2) is 24.3 Å². The standard InChI is InChI=1S/C16H23NO/c1-3-17-12(2)16(8-9-16)11-14-10-13-6-4-5-7-15(13)18-14/h4-7,12,14,17H,3,8-11H2,1-2H3. The minimum atomic E-state index is 0.394. The van der Waals surface area contributed by atoms with Crippen LogP contribution in [0, 0.1) is 5.41 Å². The summed E-state index contributed by atoms with van der Waals surface area (Å²) < 4.78 is 6.08. The van der Waals surface area contributed by atoms with E-state index in [9.17, 15) is 0 Å². The highest BCUT2D eigenvalue weighted by atomic mass is 16.5. The zero-order valence-corrected chi connectivity index (χ0v) is 11.4. The number of para-hydroxylation sites is 1. The van der Waals surface area contributed by atoms with Gasteiger partial charge in [-0.15, -0.1) is 0 Å². The Kier molecular flexibility index (Phi) is 3.06. The molecule has 0 radical (unpaired) electrons. The summed E-state index contributed by atoms with van der Waals surface area (Å²) in [4.78, 5) is 0. The first-order chi connectivity index (χ1) is 8.73. The molecule has 1 heterocycles. The number of hydrogen-bond acceptors (Lipinski definition) is 2. The lowest BCUT2D eigenvalue weighted by Gasteiger charge is -2.26. The average Bonchev–Trinajstić information content (AvgIpc) is 3.02. The van der Waals surface area contributed by atoms with Gasteiger partial charge >= 0.3 is 0 Å². The highest BCUT2D eigenvalue weighted by Gasteiger charge is 2.49. The van der Waals surface area contributed by atoms with Crippen molar-refractivity contribution in [3.8, 4) is 5.75 Å². The van der Waals surface area contributed by atoms with Crippen molar-refractivity contribution in [2.75, 3.05) is 6.54 Å². The predicted molar refractivity (Wildman–Crippen MR) is 74.0 cm³/mol. The Balaban J connectivity index is 1.63. The minimum Gasteiger partial charge on any atom is -0.490 e. The van der Waals surface area contributed by atoms with Crippen molar-refractivity contribution in [3.05, 3.63) is 29.8 Å². The Morgan fingerprint density at radius 3 is 2.83 bits per heavy atom. The van der Waals surface area contributed by atoms with E-state index in [1.54, 1.807) is 0 Å². The molecule has 98 valence electrons. The third kappa shape index (κ3) is 2.14. The van der Waals surface area contributed by atoms with Crippen molar-refractivity contribution in [1.29, 1.82) is 0 Å². The number of benzene rings is 1. The van der Waals surface area contributed by atoms with E-state index in [1.807, 2.05) is 0 Å². The topological polar surface area (TPSA) is 21.3 Å². The molecule has 1 aliphatic heterocycles. The molecular weight excluding hydrogens is 222 g/mol. The van der Waals surface area contributed by atoms with Gasteiger partial charge in [-0.1, -0.05) is 25.1 Å². The van der Waals surface area contributed by atoms with Gasteiger partial charge in [0, 0.05) is 12.5 Å². The third-order valence-corrected chi connectivity index (χ3v) is 4.67. The van der Waals surface area contributed by atoms with Crippen LogP contribution in [0.3, 0.4) is 0 Å². The largest absolute Gasteiger partial charge is 0.490 e. The van der Waals surface area contributed by atoms with E-state index in [4.69, 9.17) is 4.74 Å². The Bertz CT molecular complexity index is 400. The lowest BCUT2D eigenvalue weighted by atomic mass is 9.89. The maximum atomic E-state index is 6.08. The molecule has 0 spiro atoms. The zero-order valence-electron chi connectivity index (χ0n) is 11.4. The quantitative estimate of drug-likeness (QED) is 0.860. The average molecular weight is 245 g/mol.